The molecule has 1 aromatic carbocycles. The van der Waals surface area contributed by atoms with Crippen LogP contribution in [0.3, 0.4) is 0 Å². The largest absolute Gasteiger partial charge is 0.496 e. The van der Waals surface area contributed by atoms with Gasteiger partial charge in [-0.15, -0.1) is 0 Å². The second kappa shape index (κ2) is 7.38. The van der Waals surface area contributed by atoms with Gasteiger partial charge < -0.3 is 18.8 Å². The molecule has 2 aromatic rings. The van der Waals surface area contributed by atoms with Gasteiger partial charge in [0.05, 0.1) is 25.8 Å². The molecule has 132 valence electrons. The van der Waals surface area contributed by atoms with Crippen LogP contribution in [0, 0.1) is 11.7 Å². The van der Waals surface area contributed by atoms with E-state index in [9.17, 15) is 14.0 Å². The number of ether oxygens (including phenoxy) is 2. The van der Waals surface area contributed by atoms with Crippen molar-refractivity contribution in [1.29, 1.82) is 0 Å². The highest BCUT2D eigenvalue weighted by atomic mass is 19.1. The molecule has 0 aliphatic carbocycles. The Hall–Kier alpha value is -2.83. The van der Waals surface area contributed by atoms with Crippen LogP contribution in [-0.4, -0.2) is 30.4 Å². The molecule has 0 saturated carbocycles. The molecule has 0 bridgehead atoms. The van der Waals surface area contributed by atoms with Crippen molar-refractivity contribution in [2.75, 3.05) is 13.7 Å². The van der Waals surface area contributed by atoms with Gasteiger partial charge in [0, 0.05) is 18.5 Å². The molecule has 1 aromatic heterocycles. The number of amides is 1. The first kappa shape index (κ1) is 17.0. The van der Waals surface area contributed by atoms with E-state index < -0.39 is 17.7 Å². The summed E-state index contributed by atoms with van der Waals surface area (Å²) in [6, 6.07) is 7.52. The first-order valence-electron chi connectivity index (χ1n) is 7.86. The van der Waals surface area contributed by atoms with E-state index in [-0.39, 0.29) is 25.5 Å². The van der Waals surface area contributed by atoms with Crippen molar-refractivity contribution in [3.63, 3.8) is 0 Å². The zero-order chi connectivity index (χ0) is 17.8. The zero-order valence-electron chi connectivity index (χ0n) is 13.7. The summed E-state index contributed by atoms with van der Waals surface area (Å²) in [6.45, 7) is 0.495. The molecular weight excluding hydrogens is 329 g/mol. The Morgan fingerprint density at radius 3 is 2.96 bits per heavy atom. The normalized spacial score (nSPS) is 17.0. The highest BCUT2D eigenvalue weighted by Crippen LogP contribution is 2.24. The van der Waals surface area contributed by atoms with Gasteiger partial charge in [-0.2, -0.15) is 0 Å². The molecule has 0 spiro atoms. The van der Waals surface area contributed by atoms with E-state index in [0.717, 1.165) is 0 Å². The fourth-order valence-corrected chi connectivity index (χ4v) is 2.80. The van der Waals surface area contributed by atoms with Crippen LogP contribution in [0.15, 0.2) is 41.0 Å². The predicted molar refractivity (Wildman–Crippen MR) is 85.0 cm³/mol. The van der Waals surface area contributed by atoms with Crippen LogP contribution in [0.25, 0.3) is 0 Å². The summed E-state index contributed by atoms with van der Waals surface area (Å²) in [4.78, 5) is 25.8. The van der Waals surface area contributed by atoms with Crippen molar-refractivity contribution >= 4 is 11.9 Å². The van der Waals surface area contributed by atoms with Gasteiger partial charge in [0.15, 0.2) is 0 Å². The van der Waals surface area contributed by atoms with Crippen LogP contribution in [-0.2, 0) is 27.5 Å². The molecule has 1 amide bonds. The molecule has 6 nitrogen and oxygen atoms in total. The van der Waals surface area contributed by atoms with E-state index >= 15 is 0 Å². The fourth-order valence-electron chi connectivity index (χ4n) is 2.80. The lowest BCUT2D eigenvalue weighted by Crippen LogP contribution is -2.26. The van der Waals surface area contributed by atoms with E-state index in [1.807, 2.05) is 0 Å². The van der Waals surface area contributed by atoms with E-state index in [0.29, 0.717) is 23.6 Å². The summed E-state index contributed by atoms with van der Waals surface area (Å²) in [5.74, 6) is -0.485. The second-order valence-corrected chi connectivity index (χ2v) is 5.82. The van der Waals surface area contributed by atoms with E-state index in [1.165, 1.54) is 31.6 Å². The quantitative estimate of drug-likeness (QED) is 0.751. The average Bonchev–Trinajstić information content (AvgIpc) is 3.23. The SMILES string of the molecule is COc1ccc(F)cc1COC(=O)[C@@H]1CC(=O)N(Cc2ccco2)C1. The van der Waals surface area contributed by atoms with Gasteiger partial charge in [0.1, 0.15) is 23.9 Å². The lowest BCUT2D eigenvalue weighted by Gasteiger charge is -2.15. The maximum atomic E-state index is 13.3. The van der Waals surface area contributed by atoms with Crippen LogP contribution < -0.4 is 4.74 Å². The van der Waals surface area contributed by atoms with Crippen molar-refractivity contribution < 1.29 is 27.9 Å². The molecule has 0 unspecified atom stereocenters. The number of furan rings is 1. The van der Waals surface area contributed by atoms with Crippen molar-refractivity contribution in [3.05, 3.63) is 53.7 Å². The Morgan fingerprint density at radius 1 is 1.40 bits per heavy atom. The minimum Gasteiger partial charge on any atom is -0.496 e. The first-order chi connectivity index (χ1) is 12.1. The van der Waals surface area contributed by atoms with E-state index in [2.05, 4.69) is 0 Å². The van der Waals surface area contributed by atoms with Gasteiger partial charge in [-0.05, 0) is 30.3 Å². The summed E-state index contributed by atoms with van der Waals surface area (Å²) in [7, 11) is 1.46. The van der Waals surface area contributed by atoms with Crippen LogP contribution in [0.5, 0.6) is 5.75 Å². The molecule has 0 N–H and O–H groups in total. The fraction of sp³-hybridized carbons (Fsp3) is 0.333. The molecule has 0 radical (unpaired) electrons. The Labute approximate surface area is 144 Å². The number of nitrogens with zero attached hydrogens (tertiary/aromatic N) is 1. The van der Waals surface area contributed by atoms with E-state index in [1.54, 1.807) is 17.0 Å². The summed E-state index contributed by atoms with van der Waals surface area (Å²) in [5, 5.41) is 0. The number of carbonyl (C=O) groups is 2. The van der Waals surface area contributed by atoms with Crippen molar-refractivity contribution in [1.82, 2.24) is 4.90 Å². The molecular formula is C18H18FNO5. The number of hydrogen-bond donors (Lipinski definition) is 0. The third-order valence-corrected chi connectivity index (χ3v) is 4.09. The summed E-state index contributed by atoms with van der Waals surface area (Å²) in [5.41, 5.74) is 0.438. The number of hydrogen-bond acceptors (Lipinski definition) is 5. The Kier molecular flexibility index (Phi) is 5.02. The number of esters is 1. The minimum absolute atomic E-state index is 0.0971. The Morgan fingerprint density at radius 2 is 2.24 bits per heavy atom. The molecule has 1 fully saturated rings. The maximum absolute atomic E-state index is 13.3. The first-order valence-corrected chi connectivity index (χ1v) is 7.86. The van der Waals surface area contributed by atoms with Gasteiger partial charge in [0.2, 0.25) is 5.91 Å². The molecule has 3 rings (SSSR count). The van der Waals surface area contributed by atoms with Crippen molar-refractivity contribution in [3.8, 4) is 5.75 Å². The second-order valence-electron chi connectivity index (χ2n) is 5.82. The van der Waals surface area contributed by atoms with E-state index in [4.69, 9.17) is 13.9 Å². The Balaban J connectivity index is 1.57. The molecule has 25 heavy (non-hydrogen) atoms. The minimum atomic E-state index is -0.540. The molecule has 2 heterocycles. The van der Waals surface area contributed by atoms with Crippen LogP contribution in [0.1, 0.15) is 17.7 Å². The average molecular weight is 347 g/mol. The summed E-state index contributed by atoms with van der Waals surface area (Å²) < 4.78 is 28.9. The number of carbonyl (C=O) groups excluding carboxylic acids is 2. The van der Waals surface area contributed by atoms with Crippen LogP contribution in [0.4, 0.5) is 4.39 Å². The topological polar surface area (TPSA) is 69.0 Å². The van der Waals surface area contributed by atoms with Crippen LogP contribution >= 0.6 is 0 Å². The predicted octanol–water partition coefficient (Wildman–Crippen LogP) is 2.52. The van der Waals surface area contributed by atoms with Crippen molar-refractivity contribution in [2.24, 2.45) is 5.92 Å². The summed E-state index contributed by atoms with van der Waals surface area (Å²) in [6.07, 6.45) is 1.63. The third kappa shape index (κ3) is 3.99. The molecule has 1 saturated heterocycles. The number of likely N-dealkylation sites (tertiary alicyclic amines) is 1. The summed E-state index contributed by atoms with van der Waals surface area (Å²) >= 11 is 0. The Bertz CT molecular complexity index is 759. The molecule has 1 aliphatic rings. The van der Waals surface area contributed by atoms with Crippen molar-refractivity contribution in [2.45, 2.75) is 19.6 Å². The number of rotatable bonds is 6. The smallest absolute Gasteiger partial charge is 0.311 e. The van der Waals surface area contributed by atoms with Gasteiger partial charge in [0.25, 0.3) is 0 Å². The number of halogens is 1. The highest BCUT2D eigenvalue weighted by molar-refractivity contribution is 5.86. The molecule has 7 heteroatoms. The number of benzene rings is 1. The van der Waals surface area contributed by atoms with Gasteiger partial charge in [-0.25, -0.2) is 4.39 Å². The van der Waals surface area contributed by atoms with Gasteiger partial charge in [-0.1, -0.05) is 0 Å². The number of methoxy groups -OCH3 is 1. The molecule has 1 aliphatic heterocycles. The van der Waals surface area contributed by atoms with Gasteiger partial charge >= 0.3 is 5.97 Å². The lowest BCUT2D eigenvalue weighted by molar-refractivity contribution is -0.149. The standard InChI is InChI=1S/C18H18FNO5/c1-23-16-5-4-14(19)7-13(16)11-25-18(22)12-8-17(21)20(9-12)10-15-3-2-6-24-15/h2-7,12H,8-11H2,1H3/t12-/m1/s1. The van der Waals surface area contributed by atoms with Gasteiger partial charge in [-0.3, -0.25) is 9.59 Å². The van der Waals surface area contributed by atoms with Crippen LogP contribution in [0.2, 0.25) is 0 Å². The highest BCUT2D eigenvalue weighted by Gasteiger charge is 2.35. The monoisotopic (exact) mass is 347 g/mol. The lowest BCUT2D eigenvalue weighted by atomic mass is 10.1. The maximum Gasteiger partial charge on any atom is 0.311 e. The zero-order valence-corrected chi connectivity index (χ0v) is 13.7. The molecule has 1 atom stereocenters. The third-order valence-electron chi connectivity index (χ3n) is 4.09.